The number of hydrogen-bond acceptors (Lipinski definition) is 2. The van der Waals surface area contributed by atoms with E-state index in [-0.39, 0.29) is 0 Å². The van der Waals surface area contributed by atoms with Crippen LogP contribution in [0.25, 0.3) is 0 Å². The third-order valence-corrected chi connectivity index (χ3v) is 3.85. The lowest BCUT2D eigenvalue weighted by molar-refractivity contribution is 0.107. The van der Waals surface area contributed by atoms with Crippen molar-refractivity contribution >= 4 is 12.6 Å². The molecule has 0 heterocycles. The smallest absolute Gasteiger partial charge is 0.0147 e. The maximum Gasteiger partial charge on any atom is 0.0147 e. The Kier molecular flexibility index (Phi) is 4.81. The van der Waals surface area contributed by atoms with E-state index in [1.807, 2.05) is 0 Å². The fourth-order valence-electron chi connectivity index (χ4n) is 1.18. The predicted octanol–water partition coefficient (Wildman–Crippen LogP) is 3.06. The lowest BCUT2D eigenvalue weighted by atomic mass is 9.91. The van der Waals surface area contributed by atoms with Crippen molar-refractivity contribution in [3.05, 3.63) is 0 Å². The first kappa shape index (κ1) is 13.3. The van der Waals surface area contributed by atoms with E-state index in [9.17, 15) is 0 Å². The van der Waals surface area contributed by atoms with Crippen LogP contribution in [0.15, 0.2) is 0 Å². The van der Waals surface area contributed by atoms with Gasteiger partial charge in [0.2, 0.25) is 0 Å². The molecular weight excluding hydrogens is 178 g/mol. The van der Waals surface area contributed by atoms with Gasteiger partial charge in [-0.05, 0) is 38.5 Å². The molecule has 0 N–H and O–H groups in total. The van der Waals surface area contributed by atoms with E-state index in [0.29, 0.717) is 11.0 Å². The molecule has 0 bridgehead atoms. The van der Waals surface area contributed by atoms with Gasteiger partial charge in [-0.2, -0.15) is 12.6 Å². The van der Waals surface area contributed by atoms with Crippen molar-refractivity contribution in [1.82, 2.24) is 4.90 Å². The van der Waals surface area contributed by atoms with Crippen molar-refractivity contribution in [1.29, 1.82) is 0 Å². The summed E-state index contributed by atoms with van der Waals surface area (Å²) in [5.74, 6) is 0.942. The van der Waals surface area contributed by atoms with E-state index in [1.165, 1.54) is 6.42 Å². The summed E-state index contributed by atoms with van der Waals surface area (Å²) >= 11 is 4.37. The molecule has 0 unspecified atom stereocenters. The summed E-state index contributed by atoms with van der Waals surface area (Å²) in [5.41, 5.74) is 0.616. The Balaban J connectivity index is 4.22. The van der Waals surface area contributed by atoms with Crippen molar-refractivity contribution in [2.75, 3.05) is 19.3 Å². The summed E-state index contributed by atoms with van der Waals surface area (Å²) < 4.78 is 0. The average Bonchev–Trinajstić information content (AvgIpc) is 2.04. The lowest BCUT2D eigenvalue weighted by Gasteiger charge is -2.39. The fourth-order valence-corrected chi connectivity index (χ4v) is 1.28. The summed E-state index contributed by atoms with van der Waals surface area (Å²) in [6.07, 6.45) is 1.19. The molecule has 0 atom stereocenters. The molecule has 0 aromatic carbocycles. The molecule has 0 fully saturated rings. The molecule has 0 saturated carbocycles. The monoisotopic (exact) mass is 203 g/mol. The molecule has 0 aliphatic rings. The zero-order valence-electron chi connectivity index (χ0n) is 10.0. The fraction of sp³-hybridized carbons (Fsp3) is 1.00. The van der Waals surface area contributed by atoms with E-state index < -0.39 is 0 Å². The Morgan fingerprint density at radius 2 is 1.62 bits per heavy atom. The van der Waals surface area contributed by atoms with Crippen molar-refractivity contribution in [2.24, 2.45) is 5.41 Å². The lowest BCUT2D eigenvalue weighted by Crippen LogP contribution is -2.45. The normalized spacial score (nSPS) is 13.8. The molecule has 13 heavy (non-hydrogen) atoms. The molecule has 0 rings (SSSR count). The number of rotatable bonds is 5. The third kappa shape index (κ3) is 4.37. The van der Waals surface area contributed by atoms with Gasteiger partial charge in [0.05, 0.1) is 0 Å². The summed E-state index contributed by atoms with van der Waals surface area (Å²) in [5, 5.41) is 0. The van der Waals surface area contributed by atoms with E-state index in [4.69, 9.17) is 0 Å². The van der Waals surface area contributed by atoms with Crippen LogP contribution in [0, 0.1) is 5.41 Å². The van der Waals surface area contributed by atoms with E-state index in [1.54, 1.807) is 0 Å². The first-order chi connectivity index (χ1) is 5.75. The molecule has 0 aliphatic carbocycles. The first-order valence-electron chi connectivity index (χ1n) is 5.07. The van der Waals surface area contributed by atoms with Crippen LogP contribution in [0.1, 0.15) is 41.0 Å². The second-order valence-electron chi connectivity index (χ2n) is 5.34. The SMILES string of the molecule is CCC(C)(C)N(C)CC(C)(C)CS. The standard InChI is InChI=1S/C11H25NS/c1-7-11(4,5)12(6)8-10(2,3)9-13/h13H,7-9H2,1-6H3. The molecule has 0 aromatic heterocycles. The summed E-state index contributed by atoms with van der Waals surface area (Å²) in [4.78, 5) is 2.43. The minimum atomic E-state index is 0.306. The van der Waals surface area contributed by atoms with Crippen LogP contribution in [0.5, 0.6) is 0 Å². The minimum absolute atomic E-state index is 0.306. The number of hydrogen-bond donors (Lipinski definition) is 1. The third-order valence-electron chi connectivity index (χ3n) is 2.99. The Morgan fingerprint density at radius 1 is 1.15 bits per heavy atom. The molecule has 0 aliphatic heterocycles. The summed E-state index contributed by atoms with van der Waals surface area (Å²) in [6, 6.07) is 0. The number of nitrogens with zero attached hydrogens (tertiary/aromatic N) is 1. The molecule has 0 radical (unpaired) electrons. The Morgan fingerprint density at radius 3 is 1.92 bits per heavy atom. The van der Waals surface area contributed by atoms with E-state index >= 15 is 0 Å². The van der Waals surface area contributed by atoms with Gasteiger partial charge in [0.1, 0.15) is 0 Å². The van der Waals surface area contributed by atoms with Crippen LogP contribution in [0.2, 0.25) is 0 Å². The molecule has 2 heteroatoms. The highest BCUT2D eigenvalue weighted by molar-refractivity contribution is 7.80. The van der Waals surface area contributed by atoms with Gasteiger partial charge in [0.15, 0.2) is 0 Å². The van der Waals surface area contributed by atoms with Crippen LogP contribution >= 0.6 is 12.6 Å². The van der Waals surface area contributed by atoms with Crippen LogP contribution in [-0.4, -0.2) is 29.8 Å². The van der Waals surface area contributed by atoms with Gasteiger partial charge in [-0.1, -0.05) is 20.8 Å². The largest absolute Gasteiger partial charge is 0.301 e. The Labute approximate surface area is 89.3 Å². The molecule has 0 amide bonds. The van der Waals surface area contributed by atoms with Gasteiger partial charge in [-0.25, -0.2) is 0 Å². The highest BCUT2D eigenvalue weighted by atomic mass is 32.1. The quantitative estimate of drug-likeness (QED) is 0.672. The van der Waals surface area contributed by atoms with Crippen LogP contribution in [-0.2, 0) is 0 Å². The summed E-state index contributed by atoms with van der Waals surface area (Å²) in [7, 11) is 2.20. The molecular formula is C11H25NS. The predicted molar refractivity (Wildman–Crippen MR) is 64.6 cm³/mol. The first-order valence-corrected chi connectivity index (χ1v) is 5.70. The summed E-state index contributed by atoms with van der Waals surface area (Å²) in [6.45, 7) is 12.5. The molecule has 80 valence electrons. The maximum absolute atomic E-state index is 4.37. The molecule has 0 aromatic rings. The average molecular weight is 203 g/mol. The Bertz CT molecular complexity index is 152. The van der Waals surface area contributed by atoms with Crippen molar-refractivity contribution in [3.8, 4) is 0 Å². The Hall–Kier alpha value is 0.310. The van der Waals surface area contributed by atoms with E-state index in [0.717, 1.165) is 12.3 Å². The minimum Gasteiger partial charge on any atom is -0.301 e. The maximum atomic E-state index is 4.37. The van der Waals surface area contributed by atoms with Gasteiger partial charge in [0, 0.05) is 12.1 Å². The van der Waals surface area contributed by atoms with Gasteiger partial charge in [0.25, 0.3) is 0 Å². The second-order valence-corrected chi connectivity index (χ2v) is 5.66. The van der Waals surface area contributed by atoms with E-state index in [2.05, 4.69) is 59.2 Å². The van der Waals surface area contributed by atoms with Gasteiger partial charge >= 0.3 is 0 Å². The van der Waals surface area contributed by atoms with Crippen LogP contribution in [0.3, 0.4) is 0 Å². The van der Waals surface area contributed by atoms with Gasteiger partial charge < -0.3 is 4.90 Å². The molecule has 0 saturated heterocycles. The molecule has 0 spiro atoms. The topological polar surface area (TPSA) is 3.24 Å². The van der Waals surface area contributed by atoms with Crippen molar-refractivity contribution < 1.29 is 0 Å². The van der Waals surface area contributed by atoms with Crippen molar-refractivity contribution in [3.63, 3.8) is 0 Å². The molecule has 1 nitrogen and oxygen atoms in total. The van der Waals surface area contributed by atoms with Gasteiger partial charge in [-0.15, -0.1) is 0 Å². The van der Waals surface area contributed by atoms with Crippen LogP contribution in [0.4, 0.5) is 0 Å². The number of thiol groups is 1. The zero-order valence-corrected chi connectivity index (χ0v) is 10.9. The van der Waals surface area contributed by atoms with Crippen molar-refractivity contribution in [2.45, 2.75) is 46.6 Å². The zero-order chi connectivity index (χ0) is 10.7. The highest BCUT2D eigenvalue weighted by Gasteiger charge is 2.26. The highest BCUT2D eigenvalue weighted by Crippen LogP contribution is 2.24. The van der Waals surface area contributed by atoms with Gasteiger partial charge in [-0.3, -0.25) is 0 Å². The van der Waals surface area contributed by atoms with Crippen LogP contribution < -0.4 is 0 Å². The second kappa shape index (κ2) is 4.70.